The van der Waals surface area contributed by atoms with Gasteiger partial charge in [0, 0.05) is 51.8 Å². The Bertz CT molecular complexity index is 1480. The lowest BCUT2D eigenvalue weighted by atomic mass is 10.1. The minimum absolute atomic E-state index is 0.339. The molecule has 3 heterocycles. The molecule has 5 rings (SSSR count). The summed E-state index contributed by atoms with van der Waals surface area (Å²) in [5.74, 6) is 0.711. The van der Waals surface area contributed by atoms with Gasteiger partial charge in [-0.25, -0.2) is 4.79 Å². The van der Waals surface area contributed by atoms with Crippen molar-refractivity contribution in [3.63, 3.8) is 0 Å². The van der Waals surface area contributed by atoms with Gasteiger partial charge in [0.05, 0.1) is 6.54 Å². The summed E-state index contributed by atoms with van der Waals surface area (Å²) in [5, 5.41) is 0.660. The number of rotatable bonds is 5. The molecule has 0 atom stereocenters. The van der Waals surface area contributed by atoms with Gasteiger partial charge in [-0.3, -0.25) is 23.4 Å². The summed E-state index contributed by atoms with van der Waals surface area (Å²) in [6, 6.07) is 16.2. The van der Waals surface area contributed by atoms with Crippen LogP contribution in [0.4, 0.5) is 5.95 Å². The van der Waals surface area contributed by atoms with Crippen molar-refractivity contribution in [1.29, 1.82) is 0 Å². The fourth-order valence-electron chi connectivity index (χ4n) is 4.66. The van der Waals surface area contributed by atoms with E-state index in [1.807, 2.05) is 28.8 Å². The highest BCUT2D eigenvalue weighted by atomic mass is 35.5. The number of anilines is 1. The number of imidazole rings is 1. The van der Waals surface area contributed by atoms with E-state index in [1.165, 1.54) is 22.7 Å². The van der Waals surface area contributed by atoms with E-state index in [-0.39, 0.29) is 11.2 Å². The first-order valence-corrected chi connectivity index (χ1v) is 12.1. The first kappa shape index (κ1) is 23.4. The number of fused-ring (bicyclic) bond motifs is 1. The van der Waals surface area contributed by atoms with Crippen molar-refractivity contribution in [3.05, 3.63) is 91.1 Å². The molecule has 0 saturated carbocycles. The van der Waals surface area contributed by atoms with E-state index in [2.05, 4.69) is 41.0 Å². The normalized spacial score (nSPS) is 14.7. The van der Waals surface area contributed by atoms with E-state index in [1.54, 1.807) is 7.05 Å². The summed E-state index contributed by atoms with van der Waals surface area (Å²) in [6.07, 6.45) is 0. The van der Waals surface area contributed by atoms with Gasteiger partial charge in [0.15, 0.2) is 11.2 Å². The second kappa shape index (κ2) is 9.36. The Labute approximate surface area is 208 Å². The Morgan fingerprint density at radius 3 is 2.09 bits per heavy atom. The third-order valence-electron chi connectivity index (χ3n) is 6.76. The van der Waals surface area contributed by atoms with Gasteiger partial charge in [0.2, 0.25) is 5.95 Å². The van der Waals surface area contributed by atoms with Crippen molar-refractivity contribution < 1.29 is 0 Å². The molecular weight excluding hydrogens is 464 g/mol. The number of hydrogen-bond donors (Lipinski definition) is 0. The van der Waals surface area contributed by atoms with Gasteiger partial charge < -0.3 is 4.90 Å². The quantitative estimate of drug-likeness (QED) is 0.428. The number of benzene rings is 2. The molecular formula is C26H29ClN6O2. The Hall–Kier alpha value is -3.36. The van der Waals surface area contributed by atoms with Crippen LogP contribution in [0.1, 0.15) is 16.7 Å². The minimum atomic E-state index is -0.381. The predicted octanol–water partition coefficient (Wildman–Crippen LogP) is 2.77. The highest BCUT2D eigenvalue weighted by Crippen LogP contribution is 2.23. The summed E-state index contributed by atoms with van der Waals surface area (Å²) >= 11 is 6.08. The maximum absolute atomic E-state index is 13.2. The lowest BCUT2D eigenvalue weighted by molar-refractivity contribution is 0.248. The highest BCUT2D eigenvalue weighted by Gasteiger charge is 2.25. The molecule has 2 aromatic carbocycles. The van der Waals surface area contributed by atoms with Gasteiger partial charge in [0.1, 0.15) is 0 Å². The van der Waals surface area contributed by atoms with Crippen LogP contribution >= 0.6 is 11.6 Å². The fraction of sp³-hybridized carbons (Fsp3) is 0.346. The molecule has 35 heavy (non-hydrogen) atoms. The Kier molecular flexibility index (Phi) is 6.25. The number of nitrogens with zero attached hydrogens (tertiary/aromatic N) is 6. The monoisotopic (exact) mass is 492 g/mol. The molecule has 1 aliphatic rings. The lowest BCUT2D eigenvalue weighted by Gasteiger charge is -2.35. The van der Waals surface area contributed by atoms with Crippen molar-refractivity contribution in [2.45, 2.75) is 20.0 Å². The van der Waals surface area contributed by atoms with E-state index in [0.717, 1.165) is 42.9 Å². The van der Waals surface area contributed by atoms with Crippen molar-refractivity contribution in [2.75, 3.05) is 31.1 Å². The van der Waals surface area contributed by atoms with Crippen LogP contribution in [-0.4, -0.2) is 49.8 Å². The second-order valence-corrected chi connectivity index (χ2v) is 9.69. The number of aromatic nitrogens is 4. The Balaban J connectivity index is 1.48. The van der Waals surface area contributed by atoms with E-state index >= 15 is 0 Å². The Morgan fingerprint density at radius 2 is 1.43 bits per heavy atom. The molecule has 8 nitrogen and oxygen atoms in total. The SMILES string of the molecule is Cc1ccc(CN2CCN(c3nc4c(c(=O)n(C)c(=O)n4C)n3Cc3ccc(Cl)cc3)CC2)cc1. The molecule has 2 aromatic heterocycles. The topological polar surface area (TPSA) is 68.3 Å². The molecule has 4 aromatic rings. The van der Waals surface area contributed by atoms with Crippen molar-refractivity contribution in [1.82, 2.24) is 23.6 Å². The average Bonchev–Trinajstić information content (AvgIpc) is 3.24. The smallest absolute Gasteiger partial charge is 0.332 e. The van der Waals surface area contributed by atoms with E-state index < -0.39 is 0 Å². The molecule has 0 bridgehead atoms. The molecule has 0 amide bonds. The highest BCUT2D eigenvalue weighted by molar-refractivity contribution is 6.30. The van der Waals surface area contributed by atoms with E-state index in [0.29, 0.717) is 28.7 Å². The molecule has 0 aliphatic carbocycles. The first-order chi connectivity index (χ1) is 16.8. The van der Waals surface area contributed by atoms with Crippen LogP contribution in [0.3, 0.4) is 0 Å². The molecule has 0 radical (unpaired) electrons. The van der Waals surface area contributed by atoms with Crippen LogP contribution in [0, 0.1) is 6.92 Å². The van der Waals surface area contributed by atoms with Gasteiger partial charge in [0.25, 0.3) is 5.56 Å². The van der Waals surface area contributed by atoms with Crippen LogP contribution in [0.25, 0.3) is 11.2 Å². The van der Waals surface area contributed by atoms with Crippen molar-refractivity contribution in [2.24, 2.45) is 14.1 Å². The second-order valence-electron chi connectivity index (χ2n) is 9.25. The molecule has 1 saturated heterocycles. The van der Waals surface area contributed by atoms with Crippen molar-refractivity contribution in [3.8, 4) is 0 Å². The van der Waals surface area contributed by atoms with E-state index in [9.17, 15) is 9.59 Å². The van der Waals surface area contributed by atoms with Gasteiger partial charge in [-0.15, -0.1) is 0 Å². The molecule has 182 valence electrons. The lowest BCUT2D eigenvalue weighted by Crippen LogP contribution is -2.47. The third kappa shape index (κ3) is 4.51. The fourth-order valence-corrected chi connectivity index (χ4v) is 4.78. The maximum atomic E-state index is 13.2. The van der Waals surface area contributed by atoms with Crippen molar-refractivity contribution >= 4 is 28.7 Å². The zero-order valence-corrected chi connectivity index (χ0v) is 21.0. The summed E-state index contributed by atoms with van der Waals surface area (Å²) in [7, 11) is 3.17. The molecule has 0 N–H and O–H groups in total. The molecule has 0 spiro atoms. The van der Waals surface area contributed by atoms with Crippen LogP contribution in [0.15, 0.2) is 58.1 Å². The number of halogens is 1. The number of aryl methyl sites for hydroxylation is 2. The predicted molar refractivity (Wildman–Crippen MR) is 139 cm³/mol. The summed E-state index contributed by atoms with van der Waals surface area (Å²) in [4.78, 5) is 35.2. The zero-order chi connectivity index (χ0) is 24.7. The van der Waals surface area contributed by atoms with Gasteiger partial charge in [-0.05, 0) is 30.2 Å². The summed E-state index contributed by atoms with van der Waals surface area (Å²) in [5.41, 5.74) is 3.69. The molecule has 0 unspecified atom stereocenters. The van der Waals surface area contributed by atoms with Gasteiger partial charge in [-0.1, -0.05) is 53.6 Å². The average molecular weight is 493 g/mol. The van der Waals surface area contributed by atoms with E-state index in [4.69, 9.17) is 16.6 Å². The number of piperazine rings is 1. The first-order valence-electron chi connectivity index (χ1n) is 11.8. The maximum Gasteiger partial charge on any atom is 0.332 e. The Morgan fingerprint density at radius 1 is 0.829 bits per heavy atom. The molecule has 1 fully saturated rings. The summed E-state index contributed by atoms with van der Waals surface area (Å²) < 4.78 is 4.54. The largest absolute Gasteiger partial charge is 0.340 e. The minimum Gasteiger partial charge on any atom is -0.340 e. The van der Waals surface area contributed by atoms with Gasteiger partial charge in [-0.2, -0.15) is 4.98 Å². The number of hydrogen-bond acceptors (Lipinski definition) is 5. The van der Waals surface area contributed by atoms with Crippen LogP contribution in [-0.2, 0) is 27.2 Å². The van der Waals surface area contributed by atoms with Crippen LogP contribution in [0.2, 0.25) is 5.02 Å². The van der Waals surface area contributed by atoms with Crippen LogP contribution in [0.5, 0.6) is 0 Å². The molecule has 1 aliphatic heterocycles. The molecule has 9 heteroatoms. The standard InChI is InChI=1S/C26H29ClN6O2/c1-18-4-6-19(7-5-18)16-31-12-14-32(15-13-31)25-28-23-22(24(34)30(3)26(35)29(23)2)33(25)17-20-8-10-21(27)11-9-20/h4-11H,12-17H2,1-3H3. The zero-order valence-electron chi connectivity index (χ0n) is 20.2. The van der Waals surface area contributed by atoms with Crippen LogP contribution < -0.4 is 16.1 Å². The third-order valence-corrected chi connectivity index (χ3v) is 7.02. The van der Waals surface area contributed by atoms with Gasteiger partial charge >= 0.3 is 5.69 Å². The summed E-state index contributed by atoms with van der Waals surface area (Å²) in [6.45, 7) is 6.80.